The molecule has 0 saturated carbocycles. The van der Waals surface area contributed by atoms with Crippen molar-refractivity contribution >= 4 is 45.3 Å². The van der Waals surface area contributed by atoms with Crippen molar-refractivity contribution in [2.75, 3.05) is 0 Å². The lowest BCUT2D eigenvalue weighted by Crippen LogP contribution is -1.94. The van der Waals surface area contributed by atoms with Gasteiger partial charge in [0.05, 0.1) is 32.7 Å². The molecule has 140 valence electrons. The molecule has 0 fully saturated rings. The van der Waals surface area contributed by atoms with Crippen molar-refractivity contribution in [2.45, 2.75) is 24.4 Å². The van der Waals surface area contributed by atoms with Crippen LogP contribution in [0.2, 0.25) is 0 Å². The van der Waals surface area contributed by atoms with Gasteiger partial charge in [-0.05, 0) is 25.1 Å². The third-order valence-electron chi connectivity index (χ3n) is 4.65. The number of fused-ring (bicyclic) bond motifs is 4. The van der Waals surface area contributed by atoms with Gasteiger partial charge in [-0.1, -0.05) is 23.9 Å². The Kier molecular flexibility index (Phi) is 3.79. The standard InChI is InChI=1S/C18H15N7O2S/c1-2-23-14-5-3-4-6-15(14)24-17(23)21-22-18(24)28-10-16-19-12-8-7-11(25(26)27)9-13(12)20-16/h3-9H,2,10H2,1H3,(H,19,20). The number of thioether (sulfide) groups is 1. The van der Waals surface area contributed by atoms with Crippen LogP contribution in [0.3, 0.4) is 0 Å². The number of rotatable bonds is 5. The Bertz CT molecular complexity index is 1350. The lowest BCUT2D eigenvalue weighted by Gasteiger charge is -1.98. The van der Waals surface area contributed by atoms with Crippen LogP contribution in [0.5, 0.6) is 0 Å². The van der Waals surface area contributed by atoms with Crippen LogP contribution >= 0.6 is 11.8 Å². The molecule has 10 heteroatoms. The molecule has 0 aliphatic heterocycles. The summed E-state index contributed by atoms with van der Waals surface area (Å²) in [6.07, 6.45) is 0. The van der Waals surface area contributed by atoms with E-state index in [4.69, 9.17) is 0 Å². The topological polar surface area (TPSA) is 107 Å². The molecule has 5 rings (SSSR count). The molecule has 0 bridgehead atoms. The van der Waals surface area contributed by atoms with Crippen LogP contribution in [-0.2, 0) is 12.3 Å². The second kappa shape index (κ2) is 6.34. The number of aromatic nitrogens is 6. The van der Waals surface area contributed by atoms with E-state index in [1.165, 1.54) is 23.9 Å². The van der Waals surface area contributed by atoms with E-state index < -0.39 is 4.92 Å². The van der Waals surface area contributed by atoms with Crippen molar-refractivity contribution in [3.8, 4) is 0 Å². The third kappa shape index (κ3) is 2.53. The lowest BCUT2D eigenvalue weighted by atomic mass is 10.3. The summed E-state index contributed by atoms with van der Waals surface area (Å²) in [7, 11) is 0. The molecule has 0 atom stereocenters. The maximum atomic E-state index is 10.9. The SMILES string of the molecule is CCn1c2ccccc2n2c(SCc3nc4ccc([N+](=O)[O-])cc4[nH]3)nnc12. The Balaban J connectivity index is 1.49. The van der Waals surface area contributed by atoms with E-state index in [0.29, 0.717) is 16.8 Å². The van der Waals surface area contributed by atoms with Crippen LogP contribution in [0.4, 0.5) is 5.69 Å². The van der Waals surface area contributed by atoms with E-state index in [0.717, 1.165) is 34.3 Å². The summed E-state index contributed by atoms with van der Waals surface area (Å²) in [6, 6.07) is 12.8. The number of benzene rings is 2. The fourth-order valence-electron chi connectivity index (χ4n) is 3.41. The first-order chi connectivity index (χ1) is 13.7. The Morgan fingerprint density at radius 2 is 2.00 bits per heavy atom. The van der Waals surface area contributed by atoms with E-state index in [1.54, 1.807) is 6.07 Å². The van der Waals surface area contributed by atoms with Crippen LogP contribution in [0.1, 0.15) is 12.7 Å². The molecule has 0 saturated heterocycles. The number of para-hydroxylation sites is 2. The summed E-state index contributed by atoms with van der Waals surface area (Å²) in [5, 5.41) is 20.4. The van der Waals surface area contributed by atoms with Crippen molar-refractivity contribution in [2.24, 2.45) is 0 Å². The van der Waals surface area contributed by atoms with Crippen molar-refractivity contribution < 1.29 is 4.92 Å². The molecular weight excluding hydrogens is 378 g/mol. The molecule has 5 aromatic rings. The van der Waals surface area contributed by atoms with E-state index >= 15 is 0 Å². The predicted octanol–water partition coefficient (Wildman–Crippen LogP) is 3.78. The summed E-state index contributed by atoms with van der Waals surface area (Å²) in [6.45, 7) is 2.89. The second-order valence-corrected chi connectivity index (χ2v) is 7.22. The van der Waals surface area contributed by atoms with Crippen LogP contribution in [0.25, 0.3) is 27.8 Å². The van der Waals surface area contributed by atoms with E-state index in [1.807, 2.05) is 12.1 Å². The predicted molar refractivity (Wildman–Crippen MR) is 106 cm³/mol. The van der Waals surface area contributed by atoms with Crippen LogP contribution in [0.15, 0.2) is 47.6 Å². The first-order valence-electron chi connectivity index (χ1n) is 8.74. The fraction of sp³-hybridized carbons (Fsp3) is 0.167. The number of aromatic amines is 1. The number of nitrogens with zero attached hydrogens (tertiary/aromatic N) is 6. The van der Waals surface area contributed by atoms with Gasteiger partial charge in [0.2, 0.25) is 5.78 Å². The summed E-state index contributed by atoms with van der Waals surface area (Å²) >= 11 is 1.52. The normalized spacial score (nSPS) is 11.8. The van der Waals surface area contributed by atoms with Crippen LogP contribution in [-0.4, -0.2) is 34.1 Å². The highest BCUT2D eigenvalue weighted by atomic mass is 32.2. The molecule has 0 radical (unpaired) electrons. The molecule has 2 aromatic carbocycles. The summed E-state index contributed by atoms with van der Waals surface area (Å²) < 4.78 is 4.18. The number of H-pyrrole nitrogens is 1. The minimum absolute atomic E-state index is 0.0434. The maximum absolute atomic E-state index is 10.9. The number of non-ortho nitro benzene ring substituents is 1. The zero-order chi connectivity index (χ0) is 19.3. The average Bonchev–Trinajstić information content (AvgIpc) is 3.37. The first kappa shape index (κ1) is 16.8. The highest BCUT2D eigenvalue weighted by Gasteiger charge is 2.17. The Hall–Kier alpha value is -3.40. The lowest BCUT2D eigenvalue weighted by molar-refractivity contribution is -0.384. The van der Waals surface area contributed by atoms with Gasteiger partial charge >= 0.3 is 0 Å². The van der Waals surface area contributed by atoms with Gasteiger partial charge in [0.15, 0.2) is 5.16 Å². The minimum Gasteiger partial charge on any atom is -0.341 e. The van der Waals surface area contributed by atoms with E-state index in [2.05, 4.69) is 48.2 Å². The number of nitro benzene ring substituents is 1. The average molecular weight is 393 g/mol. The Labute approximate surface area is 162 Å². The highest BCUT2D eigenvalue weighted by molar-refractivity contribution is 7.98. The smallest absolute Gasteiger partial charge is 0.271 e. The molecular formula is C18H15N7O2S. The Morgan fingerprint density at radius 3 is 2.79 bits per heavy atom. The zero-order valence-electron chi connectivity index (χ0n) is 14.9. The largest absolute Gasteiger partial charge is 0.341 e. The van der Waals surface area contributed by atoms with Crippen molar-refractivity contribution in [3.63, 3.8) is 0 Å². The monoisotopic (exact) mass is 393 g/mol. The molecule has 0 unspecified atom stereocenters. The number of aryl methyl sites for hydroxylation is 1. The molecule has 3 heterocycles. The fourth-order valence-corrected chi connectivity index (χ4v) is 4.22. The van der Waals surface area contributed by atoms with Crippen LogP contribution in [0, 0.1) is 10.1 Å². The van der Waals surface area contributed by atoms with E-state index in [9.17, 15) is 10.1 Å². The number of nitro groups is 1. The van der Waals surface area contributed by atoms with Gasteiger partial charge in [-0.25, -0.2) is 4.98 Å². The highest BCUT2D eigenvalue weighted by Crippen LogP contribution is 2.28. The third-order valence-corrected chi connectivity index (χ3v) is 5.59. The molecule has 0 spiro atoms. The minimum atomic E-state index is -0.412. The number of hydrogen-bond acceptors (Lipinski definition) is 6. The van der Waals surface area contributed by atoms with Gasteiger partial charge in [0.25, 0.3) is 5.69 Å². The molecule has 0 aliphatic rings. The van der Waals surface area contributed by atoms with Crippen molar-refractivity contribution in [3.05, 3.63) is 58.4 Å². The number of nitrogens with one attached hydrogen (secondary N) is 1. The van der Waals surface area contributed by atoms with Gasteiger partial charge < -0.3 is 9.55 Å². The van der Waals surface area contributed by atoms with E-state index in [-0.39, 0.29) is 5.69 Å². The summed E-state index contributed by atoms with van der Waals surface area (Å²) in [5.74, 6) is 2.09. The summed E-state index contributed by atoms with van der Waals surface area (Å²) in [4.78, 5) is 18.2. The van der Waals surface area contributed by atoms with Gasteiger partial charge in [-0.2, -0.15) is 0 Å². The maximum Gasteiger partial charge on any atom is 0.271 e. The van der Waals surface area contributed by atoms with Gasteiger partial charge in [0, 0.05) is 18.7 Å². The van der Waals surface area contributed by atoms with Crippen molar-refractivity contribution in [1.29, 1.82) is 0 Å². The molecule has 0 aliphatic carbocycles. The molecule has 3 aromatic heterocycles. The summed E-state index contributed by atoms with van der Waals surface area (Å²) in [5.41, 5.74) is 3.58. The molecule has 0 amide bonds. The van der Waals surface area contributed by atoms with Gasteiger partial charge in [-0.3, -0.25) is 14.5 Å². The number of imidazole rings is 2. The number of hydrogen-bond donors (Lipinski definition) is 1. The molecule has 28 heavy (non-hydrogen) atoms. The zero-order valence-corrected chi connectivity index (χ0v) is 15.7. The quantitative estimate of drug-likeness (QED) is 0.277. The molecule has 1 N–H and O–H groups in total. The second-order valence-electron chi connectivity index (χ2n) is 6.28. The first-order valence-corrected chi connectivity index (χ1v) is 9.72. The Morgan fingerprint density at radius 1 is 1.18 bits per heavy atom. The van der Waals surface area contributed by atoms with Gasteiger partial charge in [-0.15, -0.1) is 10.2 Å². The molecule has 9 nitrogen and oxygen atoms in total. The van der Waals surface area contributed by atoms with Gasteiger partial charge in [0.1, 0.15) is 5.82 Å². The van der Waals surface area contributed by atoms with Crippen LogP contribution < -0.4 is 0 Å². The van der Waals surface area contributed by atoms with Crippen molar-refractivity contribution in [1.82, 2.24) is 29.1 Å².